The van der Waals surface area contributed by atoms with Crippen molar-refractivity contribution in [3.8, 4) is 5.88 Å². The van der Waals surface area contributed by atoms with E-state index in [-0.39, 0.29) is 12.6 Å². The quantitative estimate of drug-likeness (QED) is 0.769. The lowest BCUT2D eigenvalue weighted by molar-refractivity contribution is 0.0502. The summed E-state index contributed by atoms with van der Waals surface area (Å²) in [4.78, 5) is 12.0. The monoisotopic (exact) mass is 308 g/mol. The maximum atomic E-state index is 12.0. The van der Waals surface area contributed by atoms with E-state index in [1.54, 1.807) is 42.2 Å². The summed E-state index contributed by atoms with van der Waals surface area (Å²) in [6.45, 7) is 2.48. The molecule has 0 spiro atoms. The van der Waals surface area contributed by atoms with Crippen molar-refractivity contribution in [3.63, 3.8) is 0 Å². The molecule has 0 bridgehead atoms. The molecular weight excluding hydrogens is 292 g/mol. The second-order valence-corrected chi connectivity index (χ2v) is 4.93. The van der Waals surface area contributed by atoms with Crippen LogP contribution in [0.4, 0.5) is 0 Å². The van der Waals surface area contributed by atoms with Gasteiger partial charge in [-0.25, -0.2) is 4.79 Å². The topological polar surface area (TPSA) is 53.4 Å². The second kappa shape index (κ2) is 7.13. The first-order chi connectivity index (χ1) is 10.1. The Morgan fingerprint density at radius 1 is 1.38 bits per heavy atom. The van der Waals surface area contributed by atoms with Crippen molar-refractivity contribution in [2.75, 3.05) is 6.61 Å². The molecule has 1 heterocycles. The van der Waals surface area contributed by atoms with Gasteiger partial charge in [0, 0.05) is 29.9 Å². The Kier molecular flexibility index (Phi) is 5.22. The summed E-state index contributed by atoms with van der Waals surface area (Å²) in [7, 11) is 1.80. The molecule has 1 aromatic heterocycles. The molecule has 0 aliphatic carbocycles. The molecular formula is C15H17ClN2O3. The van der Waals surface area contributed by atoms with Gasteiger partial charge in [-0.05, 0) is 18.6 Å². The second-order valence-electron chi connectivity index (χ2n) is 4.52. The number of hydrogen-bond donors (Lipinski definition) is 0. The highest BCUT2D eigenvalue weighted by Gasteiger charge is 2.16. The van der Waals surface area contributed by atoms with Gasteiger partial charge in [0.15, 0.2) is 0 Å². The SMILES string of the molecule is CCCOC(=O)c1cccc(Cl)c1COc1ccn(C)n1. The third kappa shape index (κ3) is 3.98. The maximum Gasteiger partial charge on any atom is 0.338 e. The number of esters is 1. The summed E-state index contributed by atoms with van der Waals surface area (Å²) in [5, 5.41) is 4.58. The smallest absolute Gasteiger partial charge is 0.338 e. The molecule has 0 aliphatic heterocycles. The van der Waals surface area contributed by atoms with Gasteiger partial charge in [-0.15, -0.1) is 5.10 Å². The van der Waals surface area contributed by atoms with Crippen LogP contribution in [-0.2, 0) is 18.4 Å². The zero-order valence-corrected chi connectivity index (χ0v) is 12.8. The van der Waals surface area contributed by atoms with Crippen LogP contribution in [0.25, 0.3) is 0 Å². The largest absolute Gasteiger partial charge is 0.472 e. The van der Waals surface area contributed by atoms with Gasteiger partial charge < -0.3 is 9.47 Å². The average Bonchev–Trinajstić information content (AvgIpc) is 2.89. The van der Waals surface area contributed by atoms with Crippen molar-refractivity contribution in [3.05, 3.63) is 46.6 Å². The van der Waals surface area contributed by atoms with Crippen LogP contribution in [0, 0.1) is 0 Å². The molecule has 0 N–H and O–H groups in total. The van der Waals surface area contributed by atoms with Crippen LogP contribution in [0.5, 0.6) is 5.88 Å². The third-order valence-corrected chi connectivity index (χ3v) is 3.18. The molecule has 21 heavy (non-hydrogen) atoms. The summed E-state index contributed by atoms with van der Waals surface area (Å²) >= 11 is 6.17. The Bertz CT molecular complexity index is 625. The van der Waals surface area contributed by atoms with E-state index in [0.717, 1.165) is 6.42 Å². The number of aromatic nitrogens is 2. The number of halogens is 1. The molecule has 2 rings (SSSR count). The first-order valence-corrected chi connectivity index (χ1v) is 7.06. The van der Waals surface area contributed by atoms with Crippen LogP contribution >= 0.6 is 11.6 Å². The van der Waals surface area contributed by atoms with Crippen molar-refractivity contribution in [2.24, 2.45) is 7.05 Å². The predicted octanol–water partition coefficient (Wildman–Crippen LogP) is 3.22. The van der Waals surface area contributed by atoms with Gasteiger partial charge in [-0.1, -0.05) is 24.6 Å². The third-order valence-electron chi connectivity index (χ3n) is 2.83. The van der Waals surface area contributed by atoms with Gasteiger partial charge in [0.2, 0.25) is 5.88 Å². The normalized spacial score (nSPS) is 10.4. The fourth-order valence-corrected chi connectivity index (χ4v) is 2.02. The molecule has 0 aliphatic rings. The summed E-state index contributed by atoms with van der Waals surface area (Å²) in [6, 6.07) is 6.86. The van der Waals surface area contributed by atoms with E-state index in [0.29, 0.717) is 28.6 Å². The Morgan fingerprint density at radius 2 is 2.19 bits per heavy atom. The van der Waals surface area contributed by atoms with E-state index < -0.39 is 0 Å². The molecule has 0 saturated carbocycles. The first kappa shape index (κ1) is 15.4. The van der Waals surface area contributed by atoms with E-state index in [1.165, 1.54) is 0 Å². The number of benzene rings is 1. The van der Waals surface area contributed by atoms with E-state index >= 15 is 0 Å². The van der Waals surface area contributed by atoms with Crippen molar-refractivity contribution in [1.29, 1.82) is 0 Å². The molecule has 0 fully saturated rings. The molecule has 2 aromatic rings. The number of rotatable bonds is 6. The van der Waals surface area contributed by atoms with Crippen LogP contribution in [0.1, 0.15) is 29.3 Å². The average molecular weight is 309 g/mol. The van der Waals surface area contributed by atoms with Gasteiger partial charge in [0.1, 0.15) is 6.61 Å². The van der Waals surface area contributed by atoms with Crippen LogP contribution < -0.4 is 4.74 Å². The van der Waals surface area contributed by atoms with Crippen molar-refractivity contribution in [1.82, 2.24) is 9.78 Å². The fraction of sp³-hybridized carbons (Fsp3) is 0.333. The highest BCUT2D eigenvalue weighted by atomic mass is 35.5. The number of nitrogens with zero attached hydrogens (tertiary/aromatic N) is 2. The van der Waals surface area contributed by atoms with Crippen LogP contribution in [-0.4, -0.2) is 22.4 Å². The molecule has 0 unspecified atom stereocenters. The highest BCUT2D eigenvalue weighted by molar-refractivity contribution is 6.31. The molecule has 0 amide bonds. The van der Waals surface area contributed by atoms with E-state index in [1.807, 2.05) is 6.92 Å². The minimum Gasteiger partial charge on any atom is -0.472 e. The van der Waals surface area contributed by atoms with Crippen molar-refractivity contribution >= 4 is 17.6 Å². The van der Waals surface area contributed by atoms with Crippen molar-refractivity contribution < 1.29 is 14.3 Å². The van der Waals surface area contributed by atoms with Crippen LogP contribution in [0.2, 0.25) is 5.02 Å². The summed E-state index contributed by atoms with van der Waals surface area (Å²) < 4.78 is 12.4. The lowest BCUT2D eigenvalue weighted by atomic mass is 10.1. The highest BCUT2D eigenvalue weighted by Crippen LogP contribution is 2.22. The Labute approximate surface area is 128 Å². The standard InChI is InChI=1S/C15H17ClN2O3/c1-3-9-20-15(19)11-5-4-6-13(16)12(11)10-21-14-7-8-18(2)17-14/h4-8H,3,9-10H2,1-2H3. The number of ether oxygens (including phenoxy) is 2. The molecule has 5 nitrogen and oxygen atoms in total. The lowest BCUT2D eigenvalue weighted by Gasteiger charge is -2.11. The van der Waals surface area contributed by atoms with Gasteiger partial charge in [-0.2, -0.15) is 0 Å². The first-order valence-electron chi connectivity index (χ1n) is 6.68. The zero-order valence-electron chi connectivity index (χ0n) is 12.0. The van der Waals surface area contributed by atoms with E-state index in [2.05, 4.69) is 5.10 Å². The summed E-state index contributed by atoms with van der Waals surface area (Å²) in [5.41, 5.74) is 1.03. The minimum atomic E-state index is -0.390. The van der Waals surface area contributed by atoms with E-state index in [9.17, 15) is 4.79 Å². The Hall–Kier alpha value is -2.01. The van der Waals surface area contributed by atoms with E-state index in [4.69, 9.17) is 21.1 Å². The van der Waals surface area contributed by atoms with Crippen LogP contribution in [0.3, 0.4) is 0 Å². The maximum absolute atomic E-state index is 12.0. The van der Waals surface area contributed by atoms with Gasteiger partial charge >= 0.3 is 5.97 Å². The number of carbonyl (C=O) groups is 1. The van der Waals surface area contributed by atoms with Gasteiger partial charge in [0.05, 0.1) is 12.2 Å². The zero-order chi connectivity index (χ0) is 15.2. The van der Waals surface area contributed by atoms with Gasteiger partial charge in [0.25, 0.3) is 0 Å². The van der Waals surface area contributed by atoms with Crippen molar-refractivity contribution in [2.45, 2.75) is 20.0 Å². The number of aryl methyl sites for hydroxylation is 1. The summed E-state index contributed by atoms with van der Waals surface area (Å²) in [5.74, 6) is 0.0873. The molecule has 0 saturated heterocycles. The molecule has 112 valence electrons. The molecule has 1 aromatic carbocycles. The lowest BCUT2D eigenvalue weighted by Crippen LogP contribution is -2.11. The Morgan fingerprint density at radius 3 is 2.86 bits per heavy atom. The van der Waals surface area contributed by atoms with Crippen LogP contribution in [0.15, 0.2) is 30.5 Å². The Balaban J connectivity index is 2.15. The molecule has 0 atom stereocenters. The number of hydrogen-bond acceptors (Lipinski definition) is 4. The predicted molar refractivity (Wildman–Crippen MR) is 79.6 cm³/mol. The number of carbonyl (C=O) groups excluding carboxylic acids is 1. The fourth-order valence-electron chi connectivity index (χ4n) is 1.79. The van der Waals surface area contributed by atoms with Gasteiger partial charge in [-0.3, -0.25) is 4.68 Å². The molecule has 0 radical (unpaired) electrons. The minimum absolute atomic E-state index is 0.160. The summed E-state index contributed by atoms with van der Waals surface area (Å²) in [6.07, 6.45) is 2.55. The molecule has 6 heteroatoms.